The van der Waals surface area contributed by atoms with Gasteiger partial charge in [0, 0.05) is 61.2 Å². The Morgan fingerprint density at radius 2 is 1.20 bits per heavy atom. The Kier molecular flexibility index (Phi) is 6.72. The van der Waals surface area contributed by atoms with Crippen LogP contribution in [0.5, 0.6) is 0 Å². The van der Waals surface area contributed by atoms with Gasteiger partial charge < -0.3 is 18.8 Å². The Bertz CT molecular complexity index is 3240. The first-order valence-electron chi connectivity index (χ1n) is 19.4. The second kappa shape index (κ2) is 12.1. The van der Waals surface area contributed by atoms with E-state index in [9.17, 15) is 0 Å². The number of fused-ring (bicyclic) bond motifs is 10. The van der Waals surface area contributed by atoms with Crippen molar-refractivity contribution in [2.45, 2.75) is 12.5 Å². The Labute approximate surface area is 324 Å². The third-order valence-electron chi connectivity index (χ3n) is 11.8. The molecule has 0 spiro atoms. The molecule has 0 saturated heterocycles. The van der Waals surface area contributed by atoms with Crippen LogP contribution in [0.25, 0.3) is 65.8 Å². The van der Waals surface area contributed by atoms with Gasteiger partial charge >= 0.3 is 0 Å². The molecule has 0 N–H and O–H groups in total. The Hall–Kier alpha value is -7.30. The molecule has 1 aliphatic heterocycles. The molecule has 0 fully saturated rings. The van der Waals surface area contributed by atoms with E-state index in [0.717, 1.165) is 51.1 Å². The smallest absolute Gasteiger partial charge is 0.135 e. The lowest BCUT2D eigenvalue weighted by atomic mass is 9.93. The van der Waals surface area contributed by atoms with Gasteiger partial charge in [0.2, 0.25) is 0 Å². The predicted molar refractivity (Wildman–Crippen MR) is 234 cm³/mol. The van der Waals surface area contributed by atoms with E-state index in [1.165, 1.54) is 55.1 Å². The monoisotopic (exact) mass is 717 g/mol. The van der Waals surface area contributed by atoms with E-state index in [-0.39, 0.29) is 6.04 Å². The highest BCUT2D eigenvalue weighted by Gasteiger charge is 2.36. The minimum absolute atomic E-state index is 0.217. The summed E-state index contributed by atoms with van der Waals surface area (Å²) < 4.78 is 8.70. The Morgan fingerprint density at radius 3 is 2.07 bits per heavy atom. The summed E-state index contributed by atoms with van der Waals surface area (Å²) in [6.45, 7) is 0. The van der Waals surface area contributed by atoms with Crippen molar-refractivity contribution in [3.05, 3.63) is 205 Å². The summed E-state index contributed by atoms with van der Waals surface area (Å²) in [6, 6.07) is 66.0. The van der Waals surface area contributed by atoms with Crippen molar-refractivity contribution >= 4 is 82.8 Å². The minimum atomic E-state index is 0.217. The van der Waals surface area contributed by atoms with E-state index in [4.69, 9.17) is 4.42 Å². The number of allylic oxidation sites excluding steroid dienone is 1. The number of rotatable bonds is 5. The molecule has 8 aromatic carbocycles. The zero-order chi connectivity index (χ0) is 36.7. The minimum Gasteiger partial charge on any atom is -0.456 e. The fraction of sp³-hybridized carbons (Fsp3) is 0.0385. The zero-order valence-corrected chi connectivity index (χ0v) is 30.5. The number of aromatic nitrogens is 1. The van der Waals surface area contributed by atoms with E-state index in [1.54, 1.807) is 0 Å². The molecule has 0 saturated carbocycles. The molecule has 1 atom stereocenters. The standard InChI is InChI=1S/C52H35N3O/c1-2-14-36(15-3-1)54-47-19-9-7-17-42(47)45-32-39(26-28-49(45)54)53(40-27-29-52-46(33-40)43-18-8-11-21-51(43)56-52)37-22-24-38(25-23-37)55-48-20-10-6-16-41(48)44-30-34-12-4-5-13-35(34)31-50(44)55/h1-27,29-33,49H,28H2. The lowest BCUT2D eigenvalue weighted by Gasteiger charge is -2.33. The average molecular weight is 718 g/mol. The van der Waals surface area contributed by atoms with Gasteiger partial charge in [-0.3, -0.25) is 0 Å². The highest BCUT2D eigenvalue weighted by Crippen LogP contribution is 2.49. The Morgan fingerprint density at radius 1 is 0.500 bits per heavy atom. The van der Waals surface area contributed by atoms with Gasteiger partial charge in [-0.1, -0.05) is 103 Å². The first-order valence-corrected chi connectivity index (χ1v) is 19.4. The molecule has 0 bridgehead atoms. The van der Waals surface area contributed by atoms with Crippen LogP contribution in [0.2, 0.25) is 0 Å². The maximum atomic E-state index is 6.29. The van der Waals surface area contributed by atoms with Crippen molar-refractivity contribution in [3.8, 4) is 5.69 Å². The van der Waals surface area contributed by atoms with Gasteiger partial charge in [-0.15, -0.1) is 0 Å². The van der Waals surface area contributed by atoms with Gasteiger partial charge in [-0.25, -0.2) is 0 Å². The molecule has 1 aliphatic carbocycles. The van der Waals surface area contributed by atoms with Crippen LogP contribution in [0, 0.1) is 0 Å². The molecular formula is C52H35N3O. The van der Waals surface area contributed by atoms with Crippen LogP contribution in [-0.2, 0) is 0 Å². The van der Waals surface area contributed by atoms with Crippen molar-refractivity contribution in [2.24, 2.45) is 0 Å². The zero-order valence-electron chi connectivity index (χ0n) is 30.5. The quantitative estimate of drug-likeness (QED) is 0.177. The van der Waals surface area contributed by atoms with Crippen LogP contribution in [0.4, 0.5) is 22.7 Å². The number of benzene rings is 8. The predicted octanol–water partition coefficient (Wildman–Crippen LogP) is 13.9. The number of para-hydroxylation sites is 4. The second-order valence-corrected chi connectivity index (χ2v) is 14.9. The van der Waals surface area contributed by atoms with E-state index < -0.39 is 0 Å². The van der Waals surface area contributed by atoms with Gasteiger partial charge in [0.15, 0.2) is 0 Å². The molecule has 2 aliphatic rings. The molecule has 3 heterocycles. The molecule has 10 aromatic rings. The SMILES string of the molecule is C1=C2c3ccccc3N(c3ccccc3)C2CC=C1N(c1ccc(-n2c3ccccc3c3cc4ccccc4cc32)cc1)c1ccc2oc3ccccc3c2c1. The van der Waals surface area contributed by atoms with Crippen LogP contribution in [0.1, 0.15) is 12.0 Å². The lowest BCUT2D eigenvalue weighted by Crippen LogP contribution is -2.29. The maximum Gasteiger partial charge on any atom is 0.135 e. The van der Waals surface area contributed by atoms with Crippen LogP contribution < -0.4 is 9.80 Å². The first kappa shape index (κ1) is 31.1. The third-order valence-corrected chi connectivity index (χ3v) is 11.8. The maximum absolute atomic E-state index is 6.29. The van der Waals surface area contributed by atoms with Crippen molar-refractivity contribution in [1.82, 2.24) is 4.57 Å². The molecule has 0 radical (unpaired) electrons. The van der Waals surface area contributed by atoms with E-state index in [2.05, 4.69) is 196 Å². The van der Waals surface area contributed by atoms with Crippen LogP contribution in [0.3, 0.4) is 0 Å². The van der Waals surface area contributed by atoms with Gasteiger partial charge in [0.05, 0.1) is 17.1 Å². The number of hydrogen-bond acceptors (Lipinski definition) is 3. The molecule has 0 amide bonds. The van der Waals surface area contributed by atoms with Crippen LogP contribution >= 0.6 is 0 Å². The fourth-order valence-corrected chi connectivity index (χ4v) is 9.32. The topological polar surface area (TPSA) is 24.6 Å². The molecule has 12 rings (SSSR count). The summed E-state index contributed by atoms with van der Waals surface area (Å²) in [7, 11) is 0. The highest BCUT2D eigenvalue weighted by molar-refractivity contribution is 6.13. The summed E-state index contributed by atoms with van der Waals surface area (Å²) in [5.74, 6) is 0. The summed E-state index contributed by atoms with van der Waals surface area (Å²) in [4.78, 5) is 4.92. The van der Waals surface area contributed by atoms with Gasteiger partial charge in [0.25, 0.3) is 0 Å². The van der Waals surface area contributed by atoms with Gasteiger partial charge in [-0.05, 0) is 114 Å². The molecule has 1 unspecified atom stereocenters. The van der Waals surface area contributed by atoms with Crippen molar-refractivity contribution in [3.63, 3.8) is 0 Å². The van der Waals surface area contributed by atoms with Crippen molar-refractivity contribution in [1.29, 1.82) is 0 Å². The number of anilines is 4. The Balaban J connectivity index is 1.02. The first-order chi connectivity index (χ1) is 27.8. The van der Waals surface area contributed by atoms with E-state index in [0.29, 0.717) is 0 Å². The molecule has 2 aromatic heterocycles. The second-order valence-electron chi connectivity index (χ2n) is 14.9. The van der Waals surface area contributed by atoms with Crippen molar-refractivity contribution < 1.29 is 4.42 Å². The molecule has 4 nitrogen and oxygen atoms in total. The van der Waals surface area contributed by atoms with Crippen molar-refractivity contribution in [2.75, 3.05) is 9.80 Å². The van der Waals surface area contributed by atoms with Gasteiger partial charge in [0.1, 0.15) is 11.2 Å². The lowest BCUT2D eigenvalue weighted by molar-refractivity contribution is 0.669. The number of hydrogen-bond donors (Lipinski definition) is 0. The summed E-state index contributed by atoms with van der Waals surface area (Å²) >= 11 is 0. The molecular weight excluding hydrogens is 683 g/mol. The molecule has 264 valence electrons. The third kappa shape index (κ3) is 4.66. The molecule has 4 heteroatoms. The van der Waals surface area contributed by atoms with Gasteiger partial charge in [-0.2, -0.15) is 0 Å². The summed E-state index contributed by atoms with van der Waals surface area (Å²) in [5.41, 5.74) is 13.8. The van der Waals surface area contributed by atoms with Crippen LogP contribution in [-0.4, -0.2) is 10.6 Å². The largest absolute Gasteiger partial charge is 0.456 e. The highest BCUT2D eigenvalue weighted by atomic mass is 16.3. The van der Waals surface area contributed by atoms with E-state index in [1.807, 2.05) is 12.1 Å². The normalized spacial score (nSPS) is 15.1. The fourth-order valence-electron chi connectivity index (χ4n) is 9.32. The molecule has 56 heavy (non-hydrogen) atoms. The number of nitrogens with zero attached hydrogens (tertiary/aromatic N) is 3. The van der Waals surface area contributed by atoms with E-state index >= 15 is 0 Å². The summed E-state index contributed by atoms with van der Waals surface area (Å²) in [6.07, 6.45) is 5.71. The number of furan rings is 1. The average Bonchev–Trinajstić information content (AvgIpc) is 3.91. The summed E-state index contributed by atoms with van der Waals surface area (Å²) in [5, 5.41) is 7.25. The van der Waals surface area contributed by atoms with Crippen LogP contribution in [0.15, 0.2) is 204 Å².